The van der Waals surface area contributed by atoms with Crippen molar-refractivity contribution in [2.45, 2.75) is 64.4 Å². The summed E-state index contributed by atoms with van der Waals surface area (Å²) in [4.78, 5) is 2.59. The van der Waals surface area contributed by atoms with Gasteiger partial charge >= 0.3 is 0 Å². The van der Waals surface area contributed by atoms with Crippen LogP contribution in [-0.4, -0.2) is 48.8 Å². The van der Waals surface area contributed by atoms with Crippen molar-refractivity contribution in [2.24, 2.45) is 0 Å². The van der Waals surface area contributed by atoms with Gasteiger partial charge in [0, 0.05) is 23.8 Å². The molecule has 7 heteroatoms. The number of hydrogen-bond acceptors (Lipinski definition) is 4. The van der Waals surface area contributed by atoms with E-state index in [2.05, 4.69) is 28.6 Å². The van der Waals surface area contributed by atoms with Crippen LogP contribution in [0.4, 0.5) is 0 Å². The van der Waals surface area contributed by atoms with Crippen LogP contribution in [0.25, 0.3) is 11.3 Å². The average molecular weight is 407 g/mol. The number of rotatable bonds is 11. The molecule has 1 N–H and O–H groups in total. The van der Waals surface area contributed by atoms with Crippen LogP contribution >= 0.6 is 0 Å². The first-order valence-corrected chi connectivity index (χ1v) is 11.7. The van der Waals surface area contributed by atoms with E-state index in [1.807, 2.05) is 51.1 Å². The summed E-state index contributed by atoms with van der Waals surface area (Å²) in [7, 11) is -3.66. The summed E-state index contributed by atoms with van der Waals surface area (Å²) < 4.78 is 30.8. The standard InChI is InChI=1S/C21H34N4O2S/c1-6-24(7-2)15-11-12-18(5)23-28(26,27)20-16-25(17(3)4)22-21(20)19-13-9-8-10-14-19/h8-10,13-14,16-18,23H,6-7,11-12,15H2,1-5H3. The van der Waals surface area contributed by atoms with Crippen molar-refractivity contribution in [3.8, 4) is 11.3 Å². The second-order valence-electron chi connectivity index (χ2n) is 7.47. The lowest BCUT2D eigenvalue weighted by Crippen LogP contribution is -2.33. The van der Waals surface area contributed by atoms with Gasteiger partial charge < -0.3 is 4.90 Å². The van der Waals surface area contributed by atoms with E-state index in [1.54, 1.807) is 10.9 Å². The fourth-order valence-electron chi connectivity index (χ4n) is 3.18. The molecule has 1 unspecified atom stereocenters. The summed E-state index contributed by atoms with van der Waals surface area (Å²) in [6, 6.07) is 9.42. The zero-order valence-corrected chi connectivity index (χ0v) is 18.5. The van der Waals surface area contributed by atoms with Gasteiger partial charge in [0.05, 0.1) is 0 Å². The molecule has 0 aliphatic heterocycles. The van der Waals surface area contributed by atoms with Crippen LogP contribution in [0, 0.1) is 0 Å². The molecule has 2 rings (SSSR count). The van der Waals surface area contributed by atoms with Gasteiger partial charge in [-0.25, -0.2) is 13.1 Å². The Morgan fingerprint density at radius 2 is 1.75 bits per heavy atom. The highest BCUT2D eigenvalue weighted by Crippen LogP contribution is 2.27. The third-order valence-electron chi connectivity index (χ3n) is 4.93. The van der Waals surface area contributed by atoms with E-state index >= 15 is 0 Å². The first kappa shape index (κ1) is 22.6. The largest absolute Gasteiger partial charge is 0.304 e. The molecule has 0 fully saturated rings. The highest BCUT2D eigenvalue weighted by molar-refractivity contribution is 7.89. The molecule has 1 atom stereocenters. The molecule has 1 aromatic heterocycles. The Morgan fingerprint density at radius 3 is 2.32 bits per heavy atom. The van der Waals surface area contributed by atoms with Gasteiger partial charge in [-0.15, -0.1) is 0 Å². The Hall–Kier alpha value is -1.70. The SMILES string of the molecule is CCN(CC)CCCC(C)NS(=O)(=O)c1cn(C(C)C)nc1-c1ccccc1. The molecule has 1 aromatic carbocycles. The molecule has 0 bridgehead atoms. The molecule has 0 spiro atoms. The van der Waals surface area contributed by atoms with Crippen LogP contribution in [0.5, 0.6) is 0 Å². The van der Waals surface area contributed by atoms with Crippen LogP contribution < -0.4 is 4.72 Å². The first-order valence-electron chi connectivity index (χ1n) is 10.2. The lowest BCUT2D eigenvalue weighted by atomic mass is 10.2. The van der Waals surface area contributed by atoms with Gasteiger partial charge in [-0.05, 0) is 53.2 Å². The van der Waals surface area contributed by atoms with Crippen LogP contribution in [0.1, 0.15) is 53.5 Å². The summed E-state index contributed by atoms with van der Waals surface area (Å²) in [6.45, 7) is 13.2. The van der Waals surface area contributed by atoms with Crippen LogP contribution in [0.2, 0.25) is 0 Å². The molecular formula is C21H34N4O2S. The summed E-state index contributed by atoms with van der Waals surface area (Å²) in [5.74, 6) is 0. The fraction of sp³-hybridized carbons (Fsp3) is 0.571. The smallest absolute Gasteiger partial charge is 0.244 e. The fourth-order valence-corrected chi connectivity index (χ4v) is 4.61. The lowest BCUT2D eigenvalue weighted by Gasteiger charge is -2.19. The Balaban J connectivity index is 2.18. The molecular weight excluding hydrogens is 372 g/mol. The maximum absolute atomic E-state index is 13.1. The molecule has 0 amide bonds. The average Bonchev–Trinajstić information content (AvgIpc) is 3.12. The van der Waals surface area contributed by atoms with E-state index in [-0.39, 0.29) is 17.0 Å². The highest BCUT2D eigenvalue weighted by Gasteiger charge is 2.25. The topological polar surface area (TPSA) is 67.2 Å². The van der Waals surface area contributed by atoms with E-state index in [1.165, 1.54) is 0 Å². The van der Waals surface area contributed by atoms with Gasteiger partial charge in [0.15, 0.2) is 0 Å². The summed E-state index contributed by atoms with van der Waals surface area (Å²) in [5, 5.41) is 4.55. The van der Waals surface area contributed by atoms with E-state index in [9.17, 15) is 8.42 Å². The second kappa shape index (κ2) is 10.2. The molecule has 28 heavy (non-hydrogen) atoms. The van der Waals surface area contributed by atoms with E-state index in [4.69, 9.17) is 0 Å². The van der Waals surface area contributed by atoms with Crippen LogP contribution in [0.15, 0.2) is 41.4 Å². The number of nitrogens with zero attached hydrogens (tertiary/aromatic N) is 3. The molecule has 0 saturated carbocycles. The summed E-state index contributed by atoms with van der Waals surface area (Å²) >= 11 is 0. The van der Waals surface area contributed by atoms with Gasteiger partial charge in [0.1, 0.15) is 10.6 Å². The minimum absolute atomic E-state index is 0.0814. The lowest BCUT2D eigenvalue weighted by molar-refractivity contribution is 0.293. The maximum Gasteiger partial charge on any atom is 0.244 e. The zero-order chi connectivity index (χ0) is 20.7. The van der Waals surface area contributed by atoms with E-state index < -0.39 is 10.0 Å². The molecule has 156 valence electrons. The number of benzene rings is 1. The predicted octanol–water partition coefficient (Wildman–Crippen LogP) is 3.92. The van der Waals surface area contributed by atoms with Crippen molar-refractivity contribution in [1.82, 2.24) is 19.4 Å². The van der Waals surface area contributed by atoms with Gasteiger partial charge in [-0.2, -0.15) is 5.10 Å². The number of sulfonamides is 1. The van der Waals surface area contributed by atoms with Gasteiger partial charge in [0.25, 0.3) is 0 Å². The number of nitrogens with one attached hydrogen (secondary N) is 1. The predicted molar refractivity (Wildman–Crippen MR) is 115 cm³/mol. The minimum atomic E-state index is -3.66. The van der Waals surface area contributed by atoms with E-state index in [0.29, 0.717) is 5.69 Å². The number of aromatic nitrogens is 2. The Kier molecular flexibility index (Phi) is 8.22. The second-order valence-corrected chi connectivity index (χ2v) is 9.16. The first-order chi connectivity index (χ1) is 13.3. The Labute approximate surface area is 170 Å². The molecule has 6 nitrogen and oxygen atoms in total. The molecule has 2 aromatic rings. The normalized spacial score (nSPS) is 13.4. The van der Waals surface area contributed by atoms with Crippen molar-refractivity contribution in [3.63, 3.8) is 0 Å². The van der Waals surface area contributed by atoms with Gasteiger partial charge in [0.2, 0.25) is 10.0 Å². The summed E-state index contributed by atoms with van der Waals surface area (Å²) in [6.07, 6.45) is 3.40. The van der Waals surface area contributed by atoms with Gasteiger partial charge in [-0.3, -0.25) is 4.68 Å². The quantitative estimate of drug-likeness (QED) is 0.614. The Morgan fingerprint density at radius 1 is 1.11 bits per heavy atom. The van der Waals surface area contributed by atoms with Gasteiger partial charge in [-0.1, -0.05) is 44.2 Å². The van der Waals surface area contributed by atoms with Crippen molar-refractivity contribution in [2.75, 3.05) is 19.6 Å². The minimum Gasteiger partial charge on any atom is -0.304 e. The van der Waals surface area contributed by atoms with Crippen LogP contribution in [0.3, 0.4) is 0 Å². The molecule has 0 aliphatic rings. The summed E-state index contributed by atoms with van der Waals surface area (Å²) in [5.41, 5.74) is 1.30. The third-order valence-corrected chi connectivity index (χ3v) is 6.52. The maximum atomic E-state index is 13.1. The van der Waals surface area contributed by atoms with E-state index in [0.717, 1.165) is 38.0 Å². The molecule has 0 radical (unpaired) electrons. The molecule has 1 heterocycles. The van der Waals surface area contributed by atoms with Crippen LogP contribution in [-0.2, 0) is 10.0 Å². The van der Waals surface area contributed by atoms with Crippen molar-refractivity contribution in [3.05, 3.63) is 36.5 Å². The highest BCUT2D eigenvalue weighted by atomic mass is 32.2. The molecule has 0 saturated heterocycles. The third kappa shape index (κ3) is 5.90. The monoisotopic (exact) mass is 406 g/mol. The van der Waals surface area contributed by atoms with Crippen molar-refractivity contribution >= 4 is 10.0 Å². The van der Waals surface area contributed by atoms with Crippen molar-refractivity contribution in [1.29, 1.82) is 0 Å². The molecule has 0 aliphatic carbocycles. The Bertz CT molecular complexity index is 827. The zero-order valence-electron chi connectivity index (χ0n) is 17.7. The number of hydrogen-bond donors (Lipinski definition) is 1. The van der Waals surface area contributed by atoms with Crippen molar-refractivity contribution < 1.29 is 8.42 Å².